The van der Waals surface area contributed by atoms with Gasteiger partial charge in [0, 0.05) is 12.1 Å². The number of aromatic nitrogens is 1. The SMILES string of the molecule is CCC(CC)(CN)C(=O)NC(C)c1sc(-c2ccc(F)cc2)nc1C.Cl. The van der Waals surface area contributed by atoms with E-state index in [0.717, 1.165) is 21.1 Å². The van der Waals surface area contributed by atoms with E-state index >= 15 is 0 Å². The number of nitrogens with one attached hydrogen (secondary N) is 1. The molecule has 0 aliphatic rings. The van der Waals surface area contributed by atoms with Gasteiger partial charge in [0.1, 0.15) is 10.8 Å². The molecule has 3 N–H and O–H groups in total. The van der Waals surface area contributed by atoms with Crippen LogP contribution in [0.2, 0.25) is 0 Å². The molecule has 0 aliphatic heterocycles. The van der Waals surface area contributed by atoms with Crippen LogP contribution >= 0.6 is 23.7 Å². The number of amides is 1. The van der Waals surface area contributed by atoms with Crippen LogP contribution in [0, 0.1) is 18.2 Å². The Morgan fingerprint density at radius 3 is 2.38 bits per heavy atom. The predicted molar refractivity (Wildman–Crippen MR) is 108 cm³/mol. The average molecular weight is 400 g/mol. The number of nitrogens with two attached hydrogens (primary N) is 1. The Labute approximate surface area is 164 Å². The molecule has 0 saturated heterocycles. The molecule has 0 saturated carbocycles. The molecule has 1 aromatic heterocycles. The lowest BCUT2D eigenvalue weighted by atomic mass is 9.81. The summed E-state index contributed by atoms with van der Waals surface area (Å²) >= 11 is 1.52. The van der Waals surface area contributed by atoms with Gasteiger partial charge in [-0.05, 0) is 51.0 Å². The molecule has 0 radical (unpaired) electrons. The van der Waals surface area contributed by atoms with Crippen molar-refractivity contribution in [3.05, 3.63) is 40.7 Å². The molecule has 2 rings (SSSR count). The zero-order valence-electron chi connectivity index (χ0n) is 15.6. The fourth-order valence-corrected chi connectivity index (χ4v) is 3.97. The van der Waals surface area contributed by atoms with Crippen molar-refractivity contribution in [2.45, 2.75) is 46.6 Å². The number of nitrogens with zero attached hydrogens (tertiary/aromatic N) is 1. The van der Waals surface area contributed by atoms with Crippen molar-refractivity contribution in [1.29, 1.82) is 0 Å². The van der Waals surface area contributed by atoms with Gasteiger partial charge in [0.15, 0.2) is 0 Å². The van der Waals surface area contributed by atoms with E-state index in [4.69, 9.17) is 5.73 Å². The van der Waals surface area contributed by atoms with Crippen LogP contribution in [-0.4, -0.2) is 17.4 Å². The second-order valence-corrected chi connectivity index (χ2v) is 7.39. The van der Waals surface area contributed by atoms with Crippen LogP contribution in [0.15, 0.2) is 24.3 Å². The first kappa shape index (κ1) is 22.5. The highest BCUT2D eigenvalue weighted by atomic mass is 35.5. The molecule has 0 aliphatic carbocycles. The van der Waals surface area contributed by atoms with Crippen molar-refractivity contribution >= 4 is 29.7 Å². The van der Waals surface area contributed by atoms with E-state index in [2.05, 4.69) is 10.3 Å². The quantitative estimate of drug-likeness (QED) is 0.713. The van der Waals surface area contributed by atoms with E-state index in [9.17, 15) is 9.18 Å². The van der Waals surface area contributed by atoms with Crippen molar-refractivity contribution in [3.8, 4) is 10.6 Å². The Balaban J connectivity index is 0.00000338. The van der Waals surface area contributed by atoms with Gasteiger partial charge in [0.05, 0.1) is 22.0 Å². The number of benzene rings is 1. The predicted octanol–water partition coefficient (Wildman–Crippen LogP) is 4.62. The highest BCUT2D eigenvalue weighted by molar-refractivity contribution is 7.15. The van der Waals surface area contributed by atoms with Crippen molar-refractivity contribution in [3.63, 3.8) is 0 Å². The molecule has 4 nitrogen and oxygen atoms in total. The van der Waals surface area contributed by atoms with Gasteiger partial charge in [-0.2, -0.15) is 0 Å². The maximum Gasteiger partial charge on any atom is 0.227 e. The molecule has 1 amide bonds. The largest absolute Gasteiger partial charge is 0.348 e. The molecule has 0 bridgehead atoms. The van der Waals surface area contributed by atoms with E-state index in [0.29, 0.717) is 19.4 Å². The number of aryl methyl sites for hydroxylation is 1. The number of carbonyl (C=O) groups is 1. The third-order valence-electron chi connectivity index (χ3n) is 4.89. The summed E-state index contributed by atoms with van der Waals surface area (Å²) in [6.07, 6.45) is 1.42. The first-order valence-corrected chi connectivity index (χ1v) is 9.42. The molecular weight excluding hydrogens is 373 g/mol. The number of hydrogen-bond donors (Lipinski definition) is 2. The van der Waals surface area contributed by atoms with Gasteiger partial charge in [-0.25, -0.2) is 9.37 Å². The fourth-order valence-electron chi connectivity index (χ4n) is 2.89. The monoisotopic (exact) mass is 399 g/mol. The Bertz CT molecular complexity index is 721. The van der Waals surface area contributed by atoms with Crippen LogP contribution in [0.1, 0.15) is 50.2 Å². The van der Waals surface area contributed by atoms with Gasteiger partial charge >= 0.3 is 0 Å². The summed E-state index contributed by atoms with van der Waals surface area (Å²) in [6, 6.07) is 6.13. The van der Waals surface area contributed by atoms with E-state index < -0.39 is 5.41 Å². The van der Waals surface area contributed by atoms with Crippen LogP contribution in [-0.2, 0) is 4.79 Å². The van der Waals surface area contributed by atoms with Crippen molar-refractivity contribution < 1.29 is 9.18 Å². The Kier molecular flexibility index (Phi) is 8.18. The van der Waals surface area contributed by atoms with E-state index in [1.165, 1.54) is 23.5 Å². The van der Waals surface area contributed by atoms with Crippen molar-refractivity contribution in [2.24, 2.45) is 11.1 Å². The van der Waals surface area contributed by atoms with Crippen LogP contribution < -0.4 is 11.1 Å². The Morgan fingerprint density at radius 1 is 1.31 bits per heavy atom. The lowest BCUT2D eigenvalue weighted by molar-refractivity contribution is -0.131. The van der Waals surface area contributed by atoms with Gasteiger partial charge in [-0.15, -0.1) is 23.7 Å². The molecule has 7 heteroatoms. The summed E-state index contributed by atoms with van der Waals surface area (Å²) in [7, 11) is 0. The maximum atomic E-state index is 13.1. The van der Waals surface area contributed by atoms with Crippen LogP contribution in [0.5, 0.6) is 0 Å². The molecule has 1 aromatic carbocycles. The highest BCUT2D eigenvalue weighted by Gasteiger charge is 2.34. The van der Waals surface area contributed by atoms with Crippen LogP contribution in [0.25, 0.3) is 10.6 Å². The highest BCUT2D eigenvalue weighted by Crippen LogP contribution is 2.33. The fraction of sp³-hybridized carbons (Fsp3) is 0.474. The first-order valence-electron chi connectivity index (χ1n) is 8.61. The van der Waals surface area contributed by atoms with Gasteiger partial charge in [0.2, 0.25) is 5.91 Å². The number of carbonyl (C=O) groups excluding carboxylic acids is 1. The average Bonchev–Trinajstić information content (AvgIpc) is 2.99. The maximum absolute atomic E-state index is 13.1. The minimum Gasteiger partial charge on any atom is -0.348 e. The van der Waals surface area contributed by atoms with E-state index in [-0.39, 0.29) is 30.2 Å². The summed E-state index contributed by atoms with van der Waals surface area (Å²) in [6.45, 7) is 8.20. The van der Waals surface area contributed by atoms with Gasteiger partial charge in [-0.3, -0.25) is 4.79 Å². The molecular formula is C19H27ClFN3OS. The van der Waals surface area contributed by atoms with Crippen LogP contribution in [0.4, 0.5) is 4.39 Å². The molecule has 1 atom stereocenters. The van der Waals surface area contributed by atoms with Crippen molar-refractivity contribution in [1.82, 2.24) is 10.3 Å². The normalized spacial score (nSPS) is 12.4. The summed E-state index contributed by atoms with van der Waals surface area (Å²) in [5.41, 5.74) is 7.10. The molecule has 1 heterocycles. The topological polar surface area (TPSA) is 68.0 Å². The van der Waals surface area contributed by atoms with Gasteiger partial charge in [0.25, 0.3) is 0 Å². The zero-order chi connectivity index (χ0) is 18.6. The Hall–Kier alpha value is -1.50. The van der Waals surface area contributed by atoms with E-state index in [1.54, 1.807) is 12.1 Å². The molecule has 0 fully saturated rings. The lowest BCUT2D eigenvalue weighted by Gasteiger charge is -2.30. The minimum absolute atomic E-state index is 0. The van der Waals surface area contributed by atoms with Gasteiger partial charge < -0.3 is 11.1 Å². The zero-order valence-corrected chi connectivity index (χ0v) is 17.3. The first-order chi connectivity index (χ1) is 11.9. The molecule has 144 valence electrons. The standard InChI is InChI=1S/C19H26FN3OS.ClH/c1-5-19(6-2,11-21)18(24)23-13(4)16-12(3)22-17(25-16)14-7-9-15(20)10-8-14;/h7-10,13H,5-6,11,21H2,1-4H3,(H,23,24);1H. The summed E-state index contributed by atoms with van der Waals surface area (Å²) < 4.78 is 13.1. The number of rotatable bonds is 7. The van der Waals surface area contributed by atoms with Crippen molar-refractivity contribution in [2.75, 3.05) is 6.54 Å². The Morgan fingerprint density at radius 2 is 1.88 bits per heavy atom. The summed E-state index contributed by atoms with van der Waals surface area (Å²) in [5, 5.41) is 3.92. The second kappa shape index (κ2) is 9.44. The number of hydrogen-bond acceptors (Lipinski definition) is 4. The molecule has 0 spiro atoms. The molecule has 26 heavy (non-hydrogen) atoms. The van der Waals surface area contributed by atoms with Crippen LogP contribution in [0.3, 0.4) is 0 Å². The third kappa shape index (κ3) is 4.61. The minimum atomic E-state index is -0.521. The number of thiazole rings is 1. The second-order valence-electron chi connectivity index (χ2n) is 6.36. The smallest absolute Gasteiger partial charge is 0.227 e. The van der Waals surface area contributed by atoms with Gasteiger partial charge in [-0.1, -0.05) is 13.8 Å². The number of halogens is 2. The molecule has 1 unspecified atom stereocenters. The lowest BCUT2D eigenvalue weighted by Crippen LogP contribution is -2.46. The molecule has 2 aromatic rings. The summed E-state index contributed by atoms with van der Waals surface area (Å²) in [4.78, 5) is 18.3. The summed E-state index contributed by atoms with van der Waals surface area (Å²) in [5.74, 6) is -0.279. The van der Waals surface area contributed by atoms with E-state index in [1.807, 2.05) is 27.7 Å². The third-order valence-corrected chi connectivity index (χ3v) is 6.28.